The van der Waals surface area contributed by atoms with Crippen molar-refractivity contribution in [1.29, 1.82) is 0 Å². The summed E-state index contributed by atoms with van der Waals surface area (Å²) in [5.74, 6) is 2.52. The van der Waals surface area contributed by atoms with Gasteiger partial charge in [0, 0.05) is 17.3 Å². The lowest BCUT2D eigenvalue weighted by Crippen LogP contribution is -2.49. The topological polar surface area (TPSA) is 12.0 Å². The normalized spacial score (nSPS) is 34.1. The van der Waals surface area contributed by atoms with E-state index in [1.165, 1.54) is 44.6 Å². The molecule has 0 aliphatic heterocycles. The Kier molecular flexibility index (Phi) is 4.76. The van der Waals surface area contributed by atoms with Crippen LogP contribution in [-0.2, 0) is 6.18 Å². The molecule has 1 aromatic carbocycles. The van der Waals surface area contributed by atoms with Crippen molar-refractivity contribution >= 4 is 29.7 Å². The van der Waals surface area contributed by atoms with Crippen LogP contribution in [0.1, 0.15) is 44.1 Å². The minimum Gasteiger partial charge on any atom is -0.384 e. The van der Waals surface area contributed by atoms with Gasteiger partial charge in [-0.15, -0.1) is 12.4 Å². The van der Waals surface area contributed by atoms with E-state index < -0.39 is 11.7 Å². The van der Waals surface area contributed by atoms with Crippen LogP contribution in [0.4, 0.5) is 18.9 Å². The summed E-state index contributed by atoms with van der Waals surface area (Å²) in [4.78, 5) is 0. The van der Waals surface area contributed by atoms with Crippen molar-refractivity contribution < 1.29 is 13.2 Å². The molecular formula is C18H22Cl2F3N. The van der Waals surface area contributed by atoms with Crippen LogP contribution >= 0.6 is 24.0 Å². The molecule has 1 nitrogen and oxygen atoms in total. The zero-order chi connectivity index (χ0) is 16.2. The summed E-state index contributed by atoms with van der Waals surface area (Å²) in [7, 11) is 0. The molecule has 5 rings (SSSR count). The van der Waals surface area contributed by atoms with Crippen LogP contribution in [0.15, 0.2) is 18.2 Å². The number of hydrogen-bond donors (Lipinski definition) is 1. The van der Waals surface area contributed by atoms with Crippen LogP contribution in [0.5, 0.6) is 0 Å². The van der Waals surface area contributed by atoms with Crippen molar-refractivity contribution in [3.8, 4) is 0 Å². The third-order valence-corrected chi connectivity index (χ3v) is 6.28. The summed E-state index contributed by atoms with van der Waals surface area (Å²) in [6, 6.07) is 3.75. The Labute approximate surface area is 151 Å². The highest BCUT2D eigenvalue weighted by molar-refractivity contribution is 6.30. The molecule has 4 aliphatic carbocycles. The minimum absolute atomic E-state index is 0. The molecule has 4 aliphatic rings. The number of nitrogens with one attached hydrogen (secondary N) is 1. The minimum atomic E-state index is -4.36. The molecule has 0 aromatic heterocycles. The second kappa shape index (κ2) is 6.28. The van der Waals surface area contributed by atoms with Crippen LogP contribution < -0.4 is 5.32 Å². The van der Waals surface area contributed by atoms with Crippen molar-refractivity contribution in [2.45, 2.75) is 44.7 Å². The molecule has 0 radical (unpaired) electrons. The monoisotopic (exact) mass is 379 g/mol. The van der Waals surface area contributed by atoms with Gasteiger partial charge in [0.2, 0.25) is 0 Å². The van der Waals surface area contributed by atoms with E-state index in [0.29, 0.717) is 5.69 Å². The van der Waals surface area contributed by atoms with E-state index >= 15 is 0 Å². The molecule has 0 amide bonds. The summed E-state index contributed by atoms with van der Waals surface area (Å²) in [5, 5.41) is 3.40. The third-order valence-electron chi connectivity index (χ3n) is 6.06. The number of alkyl halides is 3. The van der Waals surface area contributed by atoms with Gasteiger partial charge >= 0.3 is 6.18 Å². The van der Waals surface area contributed by atoms with Gasteiger partial charge < -0.3 is 5.32 Å². The van der Waals surface area contributed by atoms with E-state index in [4.69, 9.17) is 11.6 Å². The molecule has 4 fully saturated rings. The lowest BCUT2D eigenvalue weighted by Gasteiger charge is -2.57. The van der Waals surface area contributed by atoms with E-state index in [0.717, 1.165) is 30.4 Å². The first kappa shape index (κ1) is 18.2. The fourth-order valence-electron chi connectivity index (χ4n) is 5.65. The van der Waals surface area contributed by atoms with Gasteiger partial charge in [-0.3, -0.25) is 0 Å². The quantitative estimate of drug-likeness (QED) is 0.639. The van der Waals surface area contributed by atoms with Gasteiger partial charge in [-0.1, -0.05) is 11.6 Å². The molecule has 4 bridgehead atoms. The van der Waals surface area contributed by atoms with Gasteiger partial charge in [-0.05, 0) is 79.9 Å². The molecule has 0 heterocycles. The van der Waals surface area contributed by atoms with Crippen LogP contribution in [0.25, 0.3) is 0 Å². The molecule has 0 spiro atoms. The fraction of sp³-hybridized carbons (Fsp3) is 0.667. The highest BCUT2D eigenvalue weighted by Crippen LogP contribution is 2.59. The number of hydrogen-bond acceptors (Lipinski definition) is 1. The van der Waals surface area contributed by atoms with Gasteiger partial charge in [0.05, 0.1) is 5.56 Å². The Balaban J connectivity index is 0.00000169. The van der Waals surface area contributed by atoms with E-state index in [9.17, 15) is 13.2 Å². The van der Waals surface area contributed by atoms with Crippen LogP contribution in [0.3, 0.4) is 0 Å². The van der Waals surface area contributed by atoms with Crippen LogP contribution in [0.2, 0.25) is 5.02 Å². The predicted molar refractivity (Wildman–Crippen MR) is 92.8 cm³/mol. The van der Waals surface area contributed by atoms with Gasteiger partial charge in [-0.25, -0.2) is 0 Å². The van der Waals surface area contributed by atoms with Crippen LogP contribution in [-0.4, -0.2) is 6.54 Å². The lowest BCUT2D eigenvalue weighted by molar-refractivity contribution is -0.137. The molecule has 0 unspecified atom stereocenters. The highest BCUT2D eigenvalue weighted by Gasteiger charge is 2.50. The molecule has 4 saturated carbocycles. The van der Waals surface area contributed by atoms with Gasteiger partial charge in [0.1, 0.15) is 0 Å². The standard InChI is InChI=1S/C18H21ClF3N.ClH/c19-15-4-14(18(20,21)22)5-16(6-15)23-10-17-7-11-1-12(8-17)3-13(2-11)9-17;/h4-6,11-13,23H,1-3,7-10H2;1H. The fourth-order valence-corrected chi connectivity index (χ4v) is 5.89. The van der Waals surface area contributed by atoms with Crippen molar-refractivity contribution in [2.24, 2.45) is 23.2 Å². The molecule has 134 valence electrons. The average Bonchev–Trinajstić information content (AvgIpc) is 2.42. The maximum Gasteiger partial charge on any atom is 0.416 e. The second-order valence-corrected chi connectivity index (χ2v) is 8.43. The number of halogens is 5. The average molecular weight is 380 g/mol. The Morgan fingerprint density at radius 2 is 1.54 bits per heavy atom. The van der Waals surface area contributed by atoms with E-state index in [1.807, 2.05) is 0 Å². The first-order chi connectivity index (χ1) is 10.8. The second-order valence-electron chi connectivity index (χ2n) is 8.00. The lowest BCUT2D eigenvalue weighted by atomic mass is 9.49. The Bertz CT molecular complexity index is 579. The summed E-state index contributed by atoms with van der Waals surface area (Å²) in [5.41, 5.74) is 0.0914. The Morgan fingerprint density at radius 3 is 2.04 bits per heavy atom. The summed E-state index contributed by atoms with van der Waals surface area (Å²) >= 11 is 5.87. The van der Waals surface area contributed by atoms with Gasteiger partial charge in [0.15, 0.2) is 0 Å². The molecular weight excluding hydrogens is 358 g/mol. The summed E-state index contributed by atoms with van der Waals surface area (Å²) in [6.07, 6.45) is 3.45. The molecule has 0 saturated heterocycles. The Morgan fingerprint density at radius 1 is 1.00 bits per heavy atom. The maximum atomic E-state index is 12.9. The molecule has 1 aromatic rings. The first-order valence-corrected chi connectivity index (χ1v) is 8.81. The number of anilines is 1. The van der Waals surface area contributed by atoms with E-state index in [-0.39, 0.29) is 22.8 Å². The first-order valence-electron chi connectivity index (χ1n) is 8.43. The third kappa shape index (κ3) is 3.50. The van der Waals surface area contributed by atoms with Crippen molar-refractivity contribution in [2.75, 3.05) is 11.9 Å². The number of benzene rings is 1. The zero-order valence-corrected chi connectivity index (χ0v) is 14.9. The highest BCUT2D eigenvalue weighted by atomic mass is 35.5. The molecule has 6 heteroatoms. The van der Waals surface area contributed by atoms with E-state index in [1.54, 1.807) is 6.07 Å². The summed E-state index contributed by atoms with van der Waals surface area (Å²) in [6.45, 7) is 0.772. The van der Waals surface area contributed by atoms with Crippen molar-refractivity contribution in [1.82, 2.24) is 0 Å². The smallest absolute Gasteiger partial charge is 0.384 e. The summed E-state index contributed by atoms with van der Waals surface area (Å²) < 4.78 is 38.7. The van der Waals surface area contributed by atoms with Crippen LogP contribution in [0, 0.1) is 23.2 Å². The maximum absolute atomic E-state index is 12.9. The van der Waals surface area contributed by atoms with E-state index in [2.05, 4.69) is 5.32 Å². The predicted octanol–water partition coefficient (Wildman–Crippen LogP) is 6.41. The van der Waals surface area contributed by atoms with Gasteiger partial charge in [-0.2, -0.15) is 13.2 Å². The van der Waals surface area contributed by atoms with Gasteiger partial charge in [0.25, 0.3) is 0 Å². The zero-order valence-electron chi connectivity index (χ0n) is 13.3. The molecule has 24 heavy (non-hydrogen) atoms. The Hall–Kier alpha value is -0.610. The molecule has 1 N–H and O–H groups in total. The van der Waals surface area contributed by atoms with Crippen molar-refractivity contribution in [3.05, 3.63) is 28.8 Å². The SMILES string of the molecule is Cl.FC(F)(F)c1cc(Cl)cc(NCC23CC4CC(CC(C4)C2)C3)c1. The molecule has 0 atom stereocenters. The van der Waals surface area contributed by atoms with Crippen molar-refractivity contribution in [3.63, 3.8) is 0 Å². The largest absolute Gasteiger partial charge is 0.416 e. The number of rotatable bonds is 3.